The van der Waals surface area contributed by atoms with E-state index in [9.17, 15) is 0 Å². The first-order valence-corrected chi connectivity index (χ1v) is 7.52. The highest BCUT2D eigenvalue weighted by Gasteiger charge is 2.21. The molecule has 1 fully saturated rings. The van der Waals surface area contributed by atoms with Crippen LogP contribution in [0.4, 0.5) is 5.95 Å². The van der Waals surface area contributed by atoms with Crippen molar-refractivity contribution in [1.82, 2.24) is 9.97 Å². The van der Waals surface area contributed by atoms with Gasteiger partial charge in [-0.1, -0.05) is 30.3 Å². The second kappa shape index (κ2) is 6.68. The van der Waals surface area contributed by atoms with Crippen molar-refractivity contribution >= 4 is 5.95 Å². The molecule has 21 heavy (non-hydrogen) atoms. The molecule has 2 aromatic rings. The molecule has 0 amide bonds. The molecule has 110 valence electrons. The van der Waals surface area contributed by atoms with Gasteiger partial charge in [-0.3, -0.25) is 0 Å². The summed E-state index contributed by atoms with van der Waals surface area (Å²) in [5.41, 5.74) is 2.19. The number of aromatic nitrogens is 2. The normalized spacial score (nSPS) is 22.0. The third kappa shape index (κ3) is 3.58. The van der Waals surface area contributed by atoms with Crippen molar-refractivity contribution < 1.29 is 4.74 Å². The van der Waals surface area contributed by atoms with E-state index in [0.29, 0.717) is 12.1 Å². The first-order valence-electron chi connectivity index (χ1n) is 7.52. The maximum absolute atomic E-state index is 5.40. The van der Waals surface area contributed by atoms with Gasteiger partial charge in [0, 0.05) is 31.1 Å². The van der Waals surface area contributed by atoms with Crippen LogP contribution in [0, 0.1) is 0 Å². The number of benzene rings is 1. The zero-order valence-electron chi connectivity index (χ0n) is 12.3. The van der Waals surface area contributed by atoms with Gasteiger partial charge >= 0.3 is 0 Å². The van der Waals surface area contributed by atoms with Gasteiger partial charge in [-0.2, -0.15) is 0 Å². The number of nitrogens with one attached hydrogen (secondary N) is 1. The van der Waals surface area contributed by atoms with Crippen molar-refractivity contribution in [2.75, 3.05) is 12.4 Å². The summed E-state index contributed by atoms with van der Waals surface area (Å²) in [5, 5.41) is 3.43. The lowest BCUT2D eigenvalue weighted by atomic mass is 9.93. The van der Waals surface area contributed by atoms with Crippen molar-refractivity contribution in [3.05, 3.63) is 42.7 Å². The minimum Gasteiger partial charge on any atom is -0.381 e. The average Bonchev–Trinajstić information content (AvgIpc) is 2.57. The Bertz CT molecular complexity index is 548. The van der Waals surface area contributed by atoms with Gasteiger partial charge in [0.25, 0.3) is 0 Å². The van der Waals surface area contributed by atoms with Gasteiger partial charge < -0.3 is 10.1 Å². The Morgan fingerprint density at radius 1 is 0.952 bits per heavy atom. The van der Waals surface area contributed by atoms with E-state index in [2.05, 4.69) is 27.4 Å². The Labute approximate surface area is 125 Å². The molecular formula is C17H21N3O. The van der Waals surface area contributed by atoms with E-state index >= 15 is 0 Å². The summed E-state index contributed by atoms with van der Waals surface area (Å²) >= 11 is 0. The molecule has 0 atom stereocenters. The Morgan fingerprint density at radius 2 is 1.62 bits per heavy atom. The number of rotatable bonds is 4. The van der Waals surface area contributed by atoms with Crippen LogP contribution in [0.1, 0.15) is 25.7 Å². The van der Waals surface area contributed by atoms with E-state index in [-0.39, 0.29) is 0 Å². The molecule has 1 aromatic carbocycles. The molecule has 0 aliphatic heterocycles. The third-order valence-electron chi connectivity index (χ3n) is 4.10. The molecule has 4 heteroatoms. The Morgan fingerprint density at radius 3 is 2.24 bits per heavy atom. The van der Waals surface area contributed by atoms with E-state index in [4.69, 9.17) is 4.74 Å². The summed E-state index contributed by atoms with van der Waals surface area (Å²) in [6.45, 7) is 0. The second-order valence-electron chi connectivity index (χ2n) is 5.52. The number of hydrogen-bond donors (Lipinski definition) is 1. The lowest BCUT2D eigenvalue weighted by Gasteiger charge is -2.28. The predicted molar refractivity (Wildman–Crippen MR) is 84.1 cm³/mol. The van der Waals surface area contributed by atoms with Crippen LogP contribution < -0.4 is 5.32 Å². The predicted octanol–water partition coefficient (Wildman–Crippen LogP) is 3.51. The van der Waals surface area contributed by atoms with Crippen molar-refractivity contribution in [2.45, 2.75) is 37.8 Å². The summed E-state index contributed by atoms with van der Waals surface area (Å²) in [5.74, 6) is 0.718. The van der Waals surface area contributed by atoms with E-state index < -0.39 is 0 Å². The number of nitrogens with zero attached hydrogens (tertiary/aromatic N) is 2. The first-order chi connectivity index (χ1) is 10.3. The summed E-state index contributed by atoms with van der Waals surface area (Å²) in [7, 11) is 1.80. The molecule has 0 spiro atoms. The third-order valence-corrected chi connectivity index (χ3v) is 4.10. The summed E-state index contributed by atoms with van der Waals surface area (Å²) in [4.78, 5) is 8.87. The molecule has 1 aliphatic carbocycles. The average molecular weight is 283 g/mol. The van der Waals surface area contributed by atoms with Gasteiger partial charge in [0.15, 0.2) is 0 Å². The standard InChI is InChI=1S/C17H21N3O/c1-21-16-9-7-15(8-10-16)20-17-18-11-14(12-19-17)13-5-3-2-4-6-13/h2-6,11-12,15-16H,7-10H2,1H3,(H,18,19,20)/t15-,16-. The van der Waals surface area contributed by atoms with E-state index in [1.54, 1.807) is 7.11 Å². The number of anilines is 1. The minimum atomic E-state index is 0.421. The van der Waals surface area contributed by atoms with Crippen LogP contribution in [0.2, 0.25) is 0 Å². The van der Waals surface area contributed by atoms with Crippen molar-refractivity contribution in [1.29, 1.82) is 0 Å². The fraction of sp³-hybridized carbons (Fsp3) is 0.412. The van der Waals surface area contributed by atoms with Crippen LogP contribution in [0.3, 0.4) is 0 Å². The molecule has 3 rings (SSSR count). The van der Waals surface area contributed by atoms with Crippen LogP contribution in [0.25, 0.3) is 11.1 Å². The molecule has 1 saturated carbocycles. The Hall–Kier alpha value is -1.94. The lowest BCUT2D eigenvalue weighted by molar-refractivity contribution is 0.0681. The van der Waals surface area contributed by atoms with Crippen LogP contribution in [0.5, 0.6) is 0 Å². The van der Waals surface area contributed by atoms with E-state index in [0.717, 1.165) is 42.8 Å². The van der Waals surface area contributed by atoms with Crippen molar-refractivity contribution in [3.63, 3.8) is 0 Å². The number of methoxy groups -OCH3 is 1. The molecule has 4 nitrogen and oxygen atoms in total. The molecule has 0 bridgehead atoms. The van der Waals surface area contributed by atoms with E-state index in [1.807, 2.05) is 30.6 Å². The number of ether oxygens (including phenoxy) is 1. The van der Waals surface area contributed by atoms with Crippen molar-refractivity contribution in [2.24, 2.45) is 0 Å². The van der Waals surface area contributed by atoms with Gasteiger partial charge in [0.05, 0.1) is 6.10 Å². The van der Waals surface area contributed by atoms with Gasteiger partial charge in [-0.15, -0.1) is 0 Å². The van der Waals surface area contributed by atoms with Gasteiger partial charge in [-0.05, 0) is 31.2 Å². The SMILES string of the molecule is CO[C@H]1CC[C@H](Nc2ncc(-c3ccccc3)cn2)CC1. The Kier molecular flexibility index (Phi) is 4.46. The lowest BCUT2D eigenvalue weighted by Crippen LogP contribution is -2.29. The molecule has 1 N–H and O–H groups in total. The monoisotopic (exact) mass is 283 g/mol. The topological polar surface area (TPSA) is 47.0 Å². The molecule has 0 radical (unpaired) electrons. The summed E-state index contributed by atoms with van der Waals surface area (Å²) < 4.78 is 5.40. The van der Waals surface area contributed by atoms with Crippen LogP contribution in [-0.2, 0) is 4.74 Å². The Balaban J connectivity index is 1.60. The van der Waals surface area contributed by atoms with Gasteiger partial charge in [-0.25, -0.2) is 9.97 Å². The summed E-state index contributed by atoms with van der Waals surface area (Å²) in [6, 6.07) is 10.6. The molecular weight excluding hydrogens is 262 g/mol. The molecule has 0 saturated heterocycles. The quantitative estimate of drug-likeness (QED) is 0.932. The van der Waals surface area contributed by atoms with Crippen molar-refractivity contribution in [3.8, 4) is 11.1 Å². The zero-order valence-corrected chi connectivity index (χ0v) is 12.3. The molecule has 1 aliphatic rings. The van der Waals surface area contributed by atoms with Crippen LogP contribution >= 0.6 is 0 Å². The highest BCUT2D eigenvalue weighted by atomic mass is 16.5. The van der Waals surface area contributed by atoms with Crippen LogP contribution in [0.15, 0.2) is 42.7 Å². The van der Waals surface area contributed by atoms with E-state index in [1.165, 1.54) is 0 Å². The first kappa shape index (κ1) is 14.0. The fourth-order valence-electron chi connectivity index (χ4n) is 2.81. The zero-order chi connectivity index (χ0) is 14.5. The minimum absolute atomic E-state index is 0.421. The highest BCUT2D eigenvalue weighted by Crippen LogP contribution is 2.23. The largest absolute Gasteiger partial charge is 0.381 e. The molecule has 1 heterocycles. The maximum Gasteiger partial charge on any atom is 0.222 e. The fourth-order valence-corrected chi connectivity index (χ4v) is 2.81. The maximum atomic E-state index is 5.40. The highest BCUT2D eigenvalue weighted by molar-refractivity contribution is 5.61. The molecule has 1 aromatic heterocycles. The molecule has 0 unspecified atom stereocenters. The second-order valence-corrected chi connectivity index (χ2v) is 5.52. The summed E-state index contributed by atoms with van der Waals surface area (Å²) in [6.07, 6.45) is 8.62. The number of hydrogen-bond acceptors (Lipinski definition) is 4. The van der Waals surface area contributed by atoms with Crippen LogP contribution in [-0.4, -0.2) is 29.2 Å². The smallest absolute Gasteiger partial charge is 0.222 e. The van der Waals surface area contributed by atoms with Gasteiger partial charge in [0.2, 0.25) is 5.95 Å². The van der Waals surface area contributed by atoms with Gasteiger partial charge in [0.1, 0.15) is 0 Å².